The highest BCUT2D eigenvalue weighted by Crippen LogP contribution is 2.40. The maximum atomic E-state index is 13.5. The molecular formula is C42H24N4O2S. The van der Waals surface area contributed by atoms with Crippen LogP contribution in [-0.4, -0.2) is 19.0 Å². The van der Waals surface area contributed by atoms with E-state index in [9.17, 15) is 9.59 Å². The summed E-state index contributed by atoms with van der Waals surface area (Å²) < 4.78 is 5.26. The molecule has 10 rings (SSSR count). The molecule has 49 heavy (non-hydrogen) atoms. The van der Waals surface area contributed by atoms with E-state index in [0.29, 0.717) is 22.1 Å². The summed E-state index contributed by atoms with van der Waals surface area (Å²) in [6.45, 7) is 0. The minimum absolute atomic E-state index is 0.304. The maximum Gasteiger partial charge on any atom is 0.282 e. The van der Waals surface area contributed by atoms with Crippen LogP contribution < -0.4 is 11.1 Å². The lowest BCUT2D eigenvalue weighted by Gasteiger charge is -2.11. The second-order valence-corrected chi connectivity index (χ2v) is 13.2. The van der Waals surface area contributed by atoms with Crippen molar-refractivity contribution in [1.29, 1.82) is 0 Å². The summed E-state index contributed by atoms with van der Waals surface area (Å²) in [6, 6.07) is 48.4. The van der Waals surface area contributed by atoms with E-state index in [1.807, 2.05) is 66.7 Å². The molecule has 0 saturated carbocycles. The minimum atomic E-state index is -0.311. The van der Waals surface area contributed by atoms with Gasteiger partial charge in [-0.25, -0.2) is 14.5 Å². The Morgan fingerprint density at radius 2 is 1.10 bits per heavy atom. The van der Waals surface area contributed by atoms with Crippen molar-refractivity contribution in [2.45, 2.75) is 0 Å². The van der Waals surface area contributed by atoms with Gasteiger partial charge in [0.05, 0.1) is 37.7 Å². The number of aromatic nitrogens is 4. The standard InChI is InChI=1S/C42H24N4O2S/c47-41-31-17-4-6-21-34(31)45-38-30(19-10-20-33(38)42(48)46(41)45)28-15-8-13-26(23-28)27-14-9-16-29(24-27)36-39-37(32-18-5-7-22-35(32)49-39)44-40(43-36)25-11-2-1-3-12-25/h1-24H. The summed E-state index contributed by atoms with van der Waals surface area (Å²) in [4.78, 5) is 37.0. The largest absolute Gasteiger partial charge is 0.282 e. The molecule has 0 saturated heterocycles. The molecule has 4 heterocycles. The highest BCUT2D eigenvalue weighted by atomic mass is 32.1. The van der Waals surface area contributed by atoms with Crippen molar-refractivity contribution < 1.29 is 0 Å². The third-order valence-electron chi connectivity index (χ3n) is 9.32. The molecule has 0 spiro atoms. The minimum Gasteiger partial charge on any atom is -0.267 e. The molecule has 4 aromatic heterocycles. The molecule has 0 N–H and O–H groups in total. The first-order chi connectivity index (χ1) is 24.1. The summed E-state index contributed by atoms with van der Waals surface area (Å²) >= 11 is 1.72. The molecule has 0 aliphatic carbocycles. The Balaban J connectivity index is 1.15. The normalized spacial score (nSPS) is 11.8. The number of hydrogen-bond acceptors (Lipinski definition) is 5. The number of hydrogen-bond donors (Lipinski definition) is 0. The summed E-state index contributed by atoms with van der Waals surface area (Å²) in [5, 5.41) is 2.16. The summed E-state index contributed by atoms with van der Waals surface area (Å²) in [5.74, 6) is 0.697. The van der Waals surface area contributed by atoms with Crippen molar-refractivity contribution in [3.8, 4) is 44.9 Å². The average molecular weight is 649 g/mol. The predicted molar refractivity (Wildman–Crippen MR) is 200 cm³/mol. The number of thiophene rings is 1. The van der Waals surface area contributed by atoms with E-state index in [2.05, 4.69) is 66.7 Å². The topological polar surface area (TPSA) is 68.7 Å². The van der Waals surface area contributed by atoms with Gasteiger partial charge in [0.1, 0.15) is 0 Å². The van der Waals surface area contributed by atoms with Crippen molar-refractivity contribution in [2.75, 3.05) is 0 Å². The van der Waals surface area contributed by atoms with Gasteiger partial charge in [0.25, 0.3) is 11.1 Å². The van der Waals surface area contributed by atoms with E-state index in [4.69, 9.17) is 9.97 Å². The summed E-state index contributed by atoms with van der Waals surface area (Å²) in [7, 11) is 0. The van der Waals surface area contributed by atoms with Crippen LogP contribution in [0.4, 0.5) is 0 Å². The van der Waals surface area contributed by atoms with Gasteiger partial charge in [-0.3, -0.25) is 9.59 Å². The molecule has 0 aliphatic heterocycles. The fraction of sp³-hybridized carbons (Fsp3) is 0. The first-order valence-corrected chi connectivity index (χ1v) is 16.8. The van der Waals surface area contributed by atoms with E-state index in [1.54, 1.807) is 28.0 Å². The molecular weight excluding hydrogens is 625 g/mol. The Morgan fingerprint density at radius 1 is 0.490 bits per heavy atom. The van der Waals surface area contributed by atoms with Gasteiger partial charge in [0.2, 0.25) is 0 Å². The zero-order valence-corrected chi connectivity index (χ0v) is 26.7. The van der Waals surface area contributed by atoms with Crippen LogP contribution >= 0.6 is 11.3 Å². The van der Waals surface area contributed by atoms with Crippen LogP contribution in [0.1, 0.15) is 0 Å². The second-order valence-electron chi connectivity index (χ2n) is 12.2. The van der Waals surface area contributed by atoms with Gasteiger partial charge < -0.3 is 0 Å². The van der Waals surface area contributed by atoms with Gasteiger partial charge in [-0.15, -0.1) is 11.3 Å². The molecule has 0 radical (unpaired) electrons. The molecule has 0 amide bonds. The molecule has 6 nitrogen and oxygen atoms in total. The van der Waals surface area contributed by atoms with Crippen LogP contribution in [-0.2, 0) is 0 Å². The Morgan fingerprint density at radius 3 is 1.94 bits per heavy atom. The highest BCUT2D eigenvalue weighted by molar-refractivity contribution is 7.26. The zero-order valence-electron chi connectivity index (χ0n) is 25.9. The number of benzene rings is 6. The lowest BCUT2D eigenvalue weighted by atomic mass is 9.96. The van der Waals surface area contributed by atoms with Crippen LogP contribution in [0.2, 0.25) is 0 Å². The quantitative estimate of drug-likeness (QED) is 0.191. The first kappa shape index (κ1) is 27.7. The Bertz CT molecular complexity index is 3050. The SMILES string of the molecule is O=c1c2ccccc2n2c3c(-c4cccc(-c5cccc(-c6nc(-c7ccccc7)nc7c6sc6ccccc67)c5)c4)cccc3c(=O)n12. The third-order valence-corrected chi connectivity index (χ3v) is 10.5. The van der Waals surface area contributed by atoms with Crippen LogP contribution in [0.25, 0.3) is 87.0 Å². The van der Waals surface area contributed by atoms with Gasteiger partial charge in [0, 0.05) is 26.8 Å². The first-order valence-electron chi connectivity index (χ1n) is 16.0. The Kier molecular flexibility index (Phi) is 5.95. The van der Waals surface area contributed by atoms with E-state index in [0.717, 1.165) is 60.2 Å². The summed E-state index contributed by atoms with van der Waals surface area (Å²) in [6.07, 6.45) is 0. The molecule has 0 aliphatic rings. The van der Waals surface area contributed by atoms with Gasteiger partial charge in [-0.2, -0.15) is 4.52 Å². The third kappa shape index (κ3) is 4.13. The van der Waals surface area contributed by atoms with Crippen molar-refractivity contribution in [1.82, 2.24) is 19.0 Å². The highest BCUT2D eigenvalue weighted by Gasteiger charge is 2.21. The van der Waals surface area contributed by atoms with Gasteiger partial charge in [-0.05, 0) is 53.1 Å². The van der Waals surface area contributed by atoms with Crippen LogP contribution in [0.5, 0.6) is 0 Å². The van der Waals surface area contributed by atoms with E-state index in [-0.39, 0.29) is 11.1 Å². The maximum absolute atomic E-state index is 13.5. The van der Waals surface area contributed by atoms with Crippen LogP contribution in [0, 0.1) is 0 Å². The number of para-hydroxylation sites is 2. The molecule has 7 heteroatoms. The molecule has 0 atom stereocenters. The number of fused-ring (bicyclic) bond motifs is 8. The van der Waals surface area contributed by atoms with Crippen molar-refractivity contribution in [3.05, 3.63) is 166 Å². The number of nitrogens with zero attached hydrogens (tertiary/aromatic N) is 4. The molecule has 6 aromatic carbocycles. The lowest BCUT2D eigenvalue weighted by Crippen LogP contribution is -2.21. The van der Waals surface area contributed by atoms with Crippen LogP contribution in [0.15, 0.2) is 155 Å². The van der Waals surface area contributed by atoms with Crippen LogP contribution in [0.3, 0.4) is 0 Å². The van der Waals surface area contributed by atoms with Gasteiger partial charge in [-0.1, -0.05) is 109 Å². The second kappa shape index (κ2) is 10.5. The summed E-state index contributed by atoms with van der Waals surface area (Å²) in [5.41, 5.74) is 8.56. The molecule has 10 aromatic rings. The smallest absolute Gasteiger partial charge is 0.267 e. The fourth-order valence-electron chi connectivity index (χ4n) is 7.06. The Hall–Kier alpha value is -6.44. The average Bonchev–Trinajstić information content (AvgIpc) is 3.79. The monoisotopic (exact) mass is 648 g/mol. The molecule has 0 fully saturated rings. The van der Waals surface area contributed by atoms with Gasteiger partial charge >= 0.3 is 0 Å². The van der Waals surface area contributed by atoms with Crippen molar-refractivity contribution >= 4 is 53.4 Å². The number of rotatable bonds is 4. The van der Waals surface area contributed by atoms with Crippen molar-refractivity contribution in [2.24, 2.45) is 0 Å². The fourth-order valence-corrected chi connectivity index (χ4v) is 8.22. The van der Waals surface area contributed by atoms with E-state index < -0.39 is 0 Å². The zero-order chi connectivity index (χ0) is 32.6. The predicted octanol–water partition coefficient (Wildman–Crippen LogP) is 9.33. The van der Waals surface area contributed by atoms with Gasteiger partial charge in [0.15, 0.2) is 5.82 Å². The van der Waals surface area contributed by atoms with E-state index in [1.165, 1.54) is 9.22 Å². The molecule has 0 bridgehead atoms. The van der Waals surface area contributed by atoms with E-state index >= 15 is 0 Å². The molecule has 230 valence electrons. The Labute approximate surface area is 282 Å². The van der Waals surface area contributed by atoms with Crippen molar-refractivity contribution in [3.63, 3.8) is 0 Å². The lowest BCUT2D eigenvalue weighted by molar-refractivity contribution is 0.841. The molecule has 0 unspecified atom stereocenters.